The molecule has 0 radical (unpaired) electrons. The van der Waals surface area contributed by atoms with E-state index >= 15 is 0 Å². The third-order valence-corrected chi connectivity index (χ3v) is 3.90. The lowest BCUT2D eigenvalue weighted by atomic mass is 9.95. The number of hydrogen-bond donors (Lipinski definition) is 3. The fourth-order valence-electron chi connectivity index (χ4n) is 2.39. The summed E-state index contributed by atoms with van der Waals surface area (Å²) in [7, 11) is 0. The molecule has 0 spiro atoms. The van der Waals surface area contributed by atoms with Gasteiger partial charge in [0.1, 0.15) is 5.69 Å². The summed E-state index contributed by atoms with van der Waals surface area (Å²) in [5, 5.41) is 18.3. The summed E-state index contributed by atoms with van der Waals surface area (Å²) in [6.45, 7) is 0.194. The van der Waals surface area contributed by atoms with E-state index in [2.05, 4.69) is 4.98 Å². The summed E-state index contributed by atoms with van der Waals surface area (Å²) in [5.41, 5.74) is 3.16. The highest BCUT2D eigenvalue weighted by atomic mass is 16.4. The second kappa shape index (κ2) is 4.24. The lowest BCUT2D eigenvalue weighted by molar-refractivity contribution is 0.0691. The Kier molecular flexibility index (Phi) is 2.68. The third kappa shape index (κ3) is 2.04. The van der Waals surface area contributed by atoms with Crippen molar-refractivity contribution >= 4 is 5.97 Å². The Morgan fingerprint density at radius 3 is 2.37 bits per heavy atom. The first kappa shape index (κ1) is 12.0. The minimum atomic E-state index is -0.958. The number of benzene rings is 1. The topological polar surface area (TPSA) is 73.3 Å². The van der Waals surface area contributed by atoms with Crippen molar-refractivity contribution in [1.29, 1.82) is 0 Å². The maximum absolute atomic E-state index is 10.8. The molecule has 3 rings (SSSR count). The molecule has 0 atom stereocenters. The molecule has 1 fully saturated rings. The van der Waals surface area contributed by atoms with Crippen LogP contribution in [0.4, 0.5) is 0 Å². The number of aliphatic hydroxyl groups is 1. The summed E-state index contributed by atoms with van der Waals surface area (Å²) in [6.07, 6.45) is 3.77. The van der Waals surface area contributed by atoms with Crippen molar-refractivity contribution in [3.8, 4) is 11.1 Å². The predicted molar refractivity (Wildman–Crippen MR) is 71.2 cm³/mol. The van der Waals surface area contributed by atoms with E-state index in [-0.39, 0.29) is 17.7 Å². The number of carboxylic acids is 1. The first-order valence-electron chi connectivity index (χ1n) is 6.28. The standard InChI is InChI=1S/C15H15NO3/c17-9-15(5-6-15)12-3-1-10(2-4-12)11-7-13(14(18)19)16-8-11/h1-4,7-8,16-17H,5-6,9H2,(H,18,19). The van der Waals surface area contributed by atoms with E-state index in [0.717, 1.165) is 29.5 Å². The highest BCUT2D eigenvalue weighted by Gasteiger charge is 2.43. The van der Waals surface area contributed by atoms with Crippen LogP contribution in [-0.4, -0.2) is 27.8 Å². The zero-order valence-electron chi connectivity index (χ0n) is 10.4. The summed E-state index contributed by atoms with van der Waals surface area (Å²) in [4.78, 5) is 13.6. The molecule has 19 heavy (non-hydrogen) atoms. The minimum Gasteiger partial charge on any atom is -0.477 e. The molecule has 0 unspecified atom stereocenters. The van der Waals surface area contributed by atoms with Gasteiger partial charge in [-0.15, -0.1) is 0 Å². The normalized spacial score (nSPS) is 16.3. The number of carbonyl (C=O) groups is 1. The number of aromatic amines is 1. The molecule has 0 saturated heterocycles. The van der Waals surface area contributed by atoms with Crippen molar-refractivity contribution in [1.82, 2.24) is 4.98 Å². The van der Waals surface area contributed by atoms with E-state index in [4.69, 9.17) is 5.11 Å². The van der Waals surface area contributed by atoms with Crippen molar-refractivity contribution < 1.29 is 15.0 Å². The van der Waals surface area contributed by atoms with Gasteiger partial charge in [-0.3, -0.25) is 0 Å². The molecule has 1 aliphatic carbocycles. The molecular weight excluding hydrogens is 242 g/mol. The Balaban J connectivity index is 1.87. The van der Waals surface area contributed by atoms with Crippen molar-refractivity contribution in [2.45, 2.75) is 18.3 Å². The maximum atomic E-state index is 10.8. The number of aromatic carboxylic acids is 1. The van der Waals surface area contributed by atoms with E-state index in [0.29, 0.717) is 0 Å². The number of hydrogen-bond acceptors (Lipinski definition) is 2. The molecule has 1 aromatic heterocycles. The molecule has 1 aliphatic rings. The van der Waals surface area contributed by atoms with E-state index in [9.17, 15) is 9.90 Å². The Hall–Kier alpha value is -2.07. The molecule has 0 amide bonds. The number of H-pyrrole nitrogens is 1. The second-order valence-corrected chi connectivity index (χ2v) is 5.12. The number of aliphatic hydroxyl groups excluding tert-OH is 1. The van der Waals surface area contributed by atoms with Gasteiger partial charge in [0, 0.05) is 11.6 Å². The van der Waals surface area contributed by atoms with Crippen molar-refractivity contribution in [3.05, 3.63) is 47.8 Å². The molecule has 3 N–H and O–H groups in total. The summed E-state index contributed by atoms with van der Waals surface area (Å²) in [5.74, 6) is -0.958. The van der Waals surface area contributed by atoms with Gasteiger partial charge in [-0.2, -0.15) is 0 Å². The van der Waals surface area contributed by atoms with Gasteiger partial charge in [0.15, 0.2) is 0 Å². The van der Waals surface area contributed by atoms with Gasteiger partial charge in [0.05, 0.1) is 6.61 Å². The van der Waals surface area contributed by atoms with Crippen LogP contribution < -0.4 is 0 Å². The fourth-order valence-corrected chi connectivity index (χ4v) is 2.39. The average molecular weight is 257 g/mol. The van der Waals surface area contributed by atoms with Crippen LogP contribution in [0, 0.1) is 0 Å². The Morgan fingerprint density at radius 1 is 1.21 bits per heavy atom. The molecule has 98 valence electrons. The zero-order chi connectivity index (χ0) is 13.5. The number of carboxylic acid groups (broad SMARTS) is 1. The lowest BCUT2D eigenvalue weighted by Gasteiger charge is -2.12. The summed E-state index contributed by atoms with van der Waals surface area (Å²) in [6, 6.07) is 9.61. The van der Waals surface area contributed by atoms with Crippen LogP contribution >= 0.6 is 0 Å². The third-order valence-electron chi connectivity index (χ3n) is 3.90. The Bertz CT molecular complexity index is 609. The molecule has 2 aromatic rings. The summed E-state index contributed by atoms with van der Waals surface area (Å²) >= 11 is 0. The van der Waals surface area contributed by atoms with E-state index < -0.39 is 5.97 Å². The number of nitrogens with one attached hydrogen (secondary N) is 1. The van der Waals surface area contributed by atoms with Crippen molar-refractivity contribution in [2.24, 2.45) is 0 Å². The van der Waals surface area contributed by atoms with Crippen LogP contribution in [-0.2, 0) is 5.41 Å². The van der Waals surface area contributed by atoms with Crippen LogP contribution in [0.15, 0.2) is 36.5 Å². The molecule has 0 bridgehead atoms. The van der Waals surface area contributed by atoms with E-state index in [1.807, 2.05) is 24.3 Å². The van der Waals surface area contributed by atoms with E-state index in [1.54, 1.807) is 12.3 Å². The van der Waals surface area contributed by atoms with Gasteiger partial charge in [-0.25, -0.2) is 4.79 Å². The number of aromatic nitrogens is 1. The average Bonchev–Trinajstić information content (AvgIpc) is 3.07. The molecule has 1 saturated carbocycles. The zero-order valence-corrected chi connectivity index (χ0v) is 10.4. The van der Waals surface area contributed by atoms with Gasteiger partial charge >= 0.3 is 5.97 Å². The van der Waals surface area contributed by atoms with Gasteiger partial charge in [0.25, 0.3) is 0 Å². The predicted octanol–water partition coefficient (Wildman–Crippen LogP) is 2.40. The summed E-state index contributed by atoms with van der Waals surface area (Å²) < 4.78 is 0. The Morgan fingerprint density at radius 2 is 1.89 bits per heavy atom. The molecule has 0 aliphatic heterocycles. The fraction of sp³-hybridized carbons (Fsp3) is 0.267. The maximum Gasteiger partial charge on any atom is 0.352 e. The molecular formula is C15H15NO3. The quantitative estimate of drug-likeness (QED) is 0.787. The lowest BCUT2D eigenvalue weighted by Crippen LogP contribution is -2.11. The van der Waals surface area contributed by atoms with Gasteiger partial charge in [-0.05, 0) is 35.6 Å². The largest absolute Gasteiger partial charge is 0.477 e. The van der Waals surface area contributed by atoms with Crippen LogP contribution in [0.1, 0.15) is 28.9 Å². The highest BCUT2D eigenvalue weighted by Crippen LogP contribution is 2.47. The first-order chi connectivity index (χ1) is 9.14. The first-order valence-corrected chi connectivity index (χ1v) is 6.28. The monoisotopic (exact) mass is 257 g/mol. The van der Waals surface area contributed by atoms with E-state index in [1.165, 1.54) is 0 Å². The SMILES string of the molecule is O=C(O)c1cc(-c2ccc(C3(CO)CC3)cc2)c[nH]1. The van der Waals surface area contributed by atoms with Crippen LogP contribution in [0.5, 0.6) is 0 Å². The molecule has 1 heterocycles. The van der Waals surface area contributed by atoms with Crippen LogP contribution in [0.3, 0.4) is 0 Å². The molecule has 4 heteroatoms. The molecule has 4 nitrogen and oxygen atoms in total. The Labute approximate surface area is 110 Å². The second-order valence-electron chi connectivity index (χ2n) is 5.12. The van der Waals surface area contributed by atoms with Gasteiger partial charge in [-0.1, -0.05) is 24.3 Å². The van der Waals surface area contributed by atoms with Crippen LogP contribution in [0.25, 0.3) is 11.1 Å². The smallest absolute Gasteiger partial charge is 0.352 e. The number of rotatable bonds is 4. The van der Waals surface area contributed by atoms with Gasteiger partial charge in [0.2, 0.25) is 0 Å². The van der Waals surface area contributed by atoms with Crippen molar-refractivity contribution in [3.63, 3.8) is 0 Å². The minimum absolute atomic E-state index is 0.0249. The van der Waals surface area contributed by atoms with Crippen molar-refractivity contribution in [2.75, 3.05) is 6.61 Å². The molecule has 1 aromatic carbocycles. The van der Waals surface area contributed by atoms with Gasteiger partial charge < -0.3 is 15.2 Å². The van der Waals surface area contributed by atoms with Crippen LogP contribution in [0.2, 0.25) is 0 Å². The highest BCUT2D eigenvalue weighted by molar-refractivity contribution is 5.87.